The zero-order valence-corrected chi connectivity index (χ0v) is 8.32. The molecule has 2 rings (SSSR count). The van der Waals surface area contributed by atoms with Crippen molar-refractivity contribution in [2.45, 2.75) is 6.61 Å². The van der Waals surface area contributed by atoms with E-state index in [1.165, 1.54) is 12.1 Å². The van der Waals surface area contributed by atoms with Gasteiger partial charge in [0.1, 0.15) is 11.6 Å². The van der Waals surface area contributed by atoms with Crippen molar-refractivity contribution in [2.75, 3.05) is 0 Å². The molecular formula is C12H9F2NO. The molecule has 0 spiro atoms. The summed E-state index contributed by atoms with van der Waals surface area (Å²) < 4.78 is 26.1. The van der Waals surface area contributed by atoms with Crippen LogP contribution in [-0.2, 0) is 6.61 Å². The van der Waals surface area contributed by atoms with Crippen LogP contribution in [0.1, 0.15) is 5.69 Å². The lowest BCUT2D eigenvalue weighted by Crippen LogP contribution is -1.93. The second kappa shape index (κ2) is 4.37. The number of rotatable bonds is 2. The van der Waals surface area contributed by atoms with Crippen molar-refractivity contribution in [1.82, 2.24) is 4.98 Å². The van der Waals surface area contributed by atoms with Crippen LogP contribution in [0.3, 0.4) is 0 Å². The molecule has 0 amide bonds. The fraction of sp³-hybridized carbons (Fsp3) is 0.0833. The fourth-order valence-electron chi connectivity index (χ4n) is 1.41. The maximum Gasteiger partial charge on any atom is 0.135 e. The summed E-state index contributed by atoms with van der Waals surface area (Å²) >= 11 is 0. The highest BCUT2D eigenvalue weighted by atomic mass is 19.1. The Balaban J connectivity index is 2.49. The zero-order valence-electron chi connectivity index (χ0n) is 8.32. The Labute approximate surface area is 91.2 Å². The van der Waals surface area contributed by atoms with E-state index in [9.17, 15) is 8.78 Å². The molecule has 0 unspecified atom stereocenters. The standard InChI is InChI=1S/C12H9F2NO/c13-8-4-5-10(11(14)6-8)12-3-1-2-9(7-16)15-12/h1-6,16H,7H2. The van der Waals surface area contributed by atoms with E-state index >= 15 is 0 Å². The first kappa shape index (κ1) is 10.7. The molecule has 0 saturated carbocycles. The summed E-state index contributed by atoms with van der Waals surface area (Å²) in [5.41, 5.74) is 1.04. The fourth-order valence-corrected chi connectivity index (χ4v) is 1.41. The molecule has 1 N–H and O–H groups in total. The molecule has 2 nitrogen and oxygen atoms in total. The molecule has 4 heteroatoms. The second-order valence-electron chi connectivity index (χ2n) is 3.30. The highest BCUT2D eigenvalue weighted by molar-refractivity contribution is 5.59. The van der Waals surface area contributed by atoms with E-state index in [0.29, 0.717) is 11.4 Å². The third-order valence-corrected chi connectivity index (χ3v) is 2.18. The van der Waals surface area contributed by atoms with E-state index in [4.69, 9.17) is 5.11 Å². The van der Waals surface area contributed by atoms with Crippen molar-refractivity contribution in [3.63, 3.8) is 0 Å². The first-order valence-electron chi connectivity index (χ1n) is 4.73. The largest absolute Gasteiger partial charge is 0.390 e. The van der Waals surface area contributed by atoms with Crippen molar-refractivity contribution in [2.24, 2.45) is 0 Å². The average Bonchev–Trinajstić information content (AvgIpc) is 2.29. The summed E-state index contributed by atoms with van der Waals surface area (Å²) in [6.07, 6.45) is 0. The number of pyridine rings is 1. The molecule has 1 aromatic carbocycles. The molecule has 1 aromatic heterocycles. The van der Waals surface area contributed by atoms with Gasteiger partial charge in [-0.3, -0.25) is 4.98 Å². The third kappa shape index (κ3) is 2.06. The highest BCUT2D eigenvalue weighted by Gasteiger charge is 2.07. The lowest BCUT2D eigenvalue weighted by Gasteiger charge is -2.04. The predicted octanol–water partition coefficient (Wildman–Crippen LogP) is 2.52. The van der Waals surface area contributed by atoms with E-state index < -0.39 is 11.6 Å². The maximum absolute atomic E-state index is 13.4. The molecule has 0 aliphatic rings. The van der Waals surface area contributed by atoms with Crippen LogP contribution in [0.5, 0.6) is 0 Å². The highest BCUT2D eigenvalue weighted by Crippen LogP contribution is 2.21. The van der Waals surface area contributed by atoms with Crippen molar-refractivity contribution < 1.29 is 13.9 Å². The number of hydrogen-bond donors (Lipinski definition) is 1. The molecule has 0 saturated heterocycles. The Kier molecular flexibility index (Phi) is 2.92. The quantitative estimate of drug-likeness (QED) is 0.845. The van der Waals surface area contributed by atoms with Gasteiger partial charge < -0.3 is 5.11 Å². The molecule has 0 bridgehead atoms. The van der Waals surface area contributed by atoms with Crippen molar-refractivity contribution >= 4 is 0 Å². The zero-order chi connectivity index (χ0) is 11.5. The third-order valence-electron chi connectivity index (χ3n) is 2.18. The minimum absolute atomic E-state index is 0.212. The monoisotopic (exact) mass is 221 g/mol. The molecule has 16 heavy (non-hydrogen) atoms. The molecule has 82 valence electrons. The van der Waals surface area contributed by atoms with Crippen LogP contribution in [0.2, 0.25) is 0 Å². The van der Waals surface area contributed by atoms with E-state index in [-0.39, 0.29) is 12.2 Å². The van der Waals surface area contributed by atoms with Crippen LogP contribution in [0.25, 0.3) is 11.3 Å². The molecule has 1 heterocycles. The SMILES string of the molecule is OCc1cccc(-c2ccc(F)cc2F)n1. The number of aliphatic hydroxyl groups is 1. The van der Waals surface area contributed by atoms with Crippen LogP contribution in [0, 0.1) is 11.6 Å². The normalized spacial score (nSPS) is 10.4. The predicted molar refractivity (Wildman–Crippen MR) is 55.5 cm³/mol. The van der Waals surface area contributed by atoms with Crippen LogP contribution in [-0.4, -0.2) is 10.1 Å². The van der Waals surface area contributed by atoms with Crippen molar-refractivity contribution in [3.8, 4) is 11.3 Å². The maximum atomic E-state index is 13.4. The van der Waals surface area contributed by atoms with Gasteiger partial charge in [-0.25, -0.2) is 8.78 Å². The molecule has 0 aliphatic carbocycles. The summed E-state index contributed by atoms with van der Waals surface area (Å²) in [4.78, 5) is 4.04. The molecule has 0 aliphatic heterocycles. The Bertz CT molecular complexity index is 514. The van der Waals surface area contributed by atoms with Crippen molar-refractivity contribution in [1.29, 1.82) is 0 Å². The Morgan fingerprint density at radius 2 is 1.94 bits per heavy atom. The Morgan fingerprint density at radius 3 is 2.62 bits per heavy atom. The summed E-state index contributed by atoms with van der Waals surface area (Å²) in [6.45, 7) is -0.212. The summed E-state index contributed by atoms with van der Waals surface area (Å²) in [6, 6.07) is 8.21. The number of nitrogens with zero attached hydrogens (tertiary/aromatic N) is 1. The van der Waals surface area contributed by atoms with Gasteiger partial charge in [-0.15, -0.1) is 0 Å². The van der Waals surface area contributed by atoms with Gasteiger partial charge >= 0.3 is 0 Å². The molecule has 0 fully saturated rings. The minimum Gasteiger partial charge on any atom is -0.390 e. The summed E-state index contributed by atoms with van der Waals surface area (Å²) in [7, 11) is 0. The Morgan fingerprint density at radius 1 is 1.12 bits per heavy atom. The van der Waals surface area contributed by atoms with Gasteiger partial charge in [-0.05, 0) is 24.3 Å². The van der Waals surface area contributed by atoms with Gasteiger partial charge in [0.05, 0.1) is 18.0 Å². The second-order valence-corrected chi connectivity index (χ2v) is 3.30. The molecule has 0 atom stereocenters. The molecule has 2 aromatic rings. The number of aliphatic hydroxyl groups excluding tert-OH is 1. The van der Waals surface area contributed by atoms with Gasteiger partial charge in [0.15, 0.2) is 0 Å². The lowest BCUT2D eigenvalue weighted by atomic mass is 10.1. The van der Waals surface area contributed by atoms with Crippen LogP contribution >= 0.6 is 0 Å². The van der Waals surface area contributed by atoms with Crippen molar-refractivity contribution in [3.05, 3.63) is 53.7 Å². The average molecular weight is 221 g/mol. The first-order chi connectivity index (χ1) is 7.70. The van der Waals surface area contributed by atoms with Gasteiger partial charge in [-0.2, -0.15) is 0 Å². The molecular weight excluding hydrogens is 212 g/mol. The summed E-state index contributed by atoms with van der Waals surface area (Å²) in [5, 5.41) is 8.91. The minimum atomic E-state index is -0.664. The van der Waals surface area contributed by atoms with E-state index in [1.807, 2.05) is 0 Å². The van der Waals surface area contributed by atoms with E-state index in [1.54, 1.807) is 18.2 Å². The number of aromatic nitrogens is 1. The van der Waals surface area contributed by atoms with E-state index in [2.05, 4.69) is 4.98 Å². The number of halogens is 2. The smallest absolute Gasteiger partial charge is 0.135 e. The van der Waals surface area contributed by atoms with E-state index in [0.717, 1.165) is 6.07 Å². The van der Waals surface area contributed by atoms with Crippen LogP contribution < -0.4 is 0 Å². The van der Waals surface area contributed by atoms with Gasteiger partial charge in [0.2, 0.25) is 0 Å². The topological polar surface area (TPSA) is 33.1 Å². The lowest BCUT2D eigenvalue weighted by molar-refractivity contribution is 0.277. The molecule has 0 radical (unpaired) electrons. The number of hydrogen-bond acceptors (Lipinski definition) is 2. The van der Waals surface area contributed by atoms with Gasteiger partial charge in [0.25, 0.3) is 0 Å². The van der Waals surface area contributed by atoms with Crippen LogP contribution in [0.15, 0.2) is 36.4 Å². The summed E-state index contributed by atoms with van der Waals surface area (Å²) in [5.74, 6) is -1.29. The van der Waals surface area contributed by atoms with Gasteiger partial charge in [0, 0.05) is 11.6 Å². The Hall–Kier alpha value is -1.81. The van der Waals surface area contributed by atoms with Crippen LogP contribution in [0.4, 0.5) is 8.78 Å². The van der Waals surface area contributed by atoms with Gasteiger partial charge in [-0.1, -0.05) is 6.07 Å². The first-order valence-corrected chi connectivity index (χ1v) is 4.73. The number of benzene rings is 1.